The molecule has 4 heterocycles. The first-order valence-corrected chi connectivity index (χ1v) is 11.0. The van der Waals surface area contributed by atoms with E-state index in [1.807, 2.05) is 60.5 Å². The Morgan fingerprint density at radius 2 is 2.00 bits per heavy atom. The van der Waals surface area contributed by atoms with E-state index in [4.69, 9.17) is 0 Å². The molecule has 0 bridgehead atoms. The van der Waals surface area contributed by atoms with E-state index in [0.29, 0.717) is 38.2 Å². The van der Waals surface area contributed by atoms with Gasteiger partial charge in [0.15, 0.2) is 5.65 Å². The lowest BCUT2D eigenvalue weighted by Crippen LogP contribution is -2.32. The lowest BCUT2D eigenvalue weighted by Gasteiger charge is -2.17. The van der Waals surface area contributed by atoms with E-state index in [2.05, 4.69) is 10.1 Å². The molecule has 8 heteroatoms. The standard InChI is InChI=1S/C24H26N6O2/c1-18-14-26-28(15-18)13-10-22(31)27-12-9-20(17-27)30-23-21(8-5-11-25-23)29(24(30)32)16-19-6-3-2-4-7-19/h2-8,11,14-15,20H,9-10,12-13,16-17H2,1H3/t20-/m1/s1. The number of hydrogen-bond donors (Lipinski definition) is 0. The Balaban J connectivity index is 1.36. The van der Waals surface area contributed by atoms with E-state index in [1.54, 1.807) is 26.2 Å². The first kappa shape index (κ1) is 20.2. The molecule has 1 fully saturated rings. The van der Waals surface area contributed by atoms with Gasteiger partial charge >= 0.3 is 5.69 Å². The van der Waals surface area contributed by atoms with Gasteiger partial charge in [-0.1, -0.05) is 30.3 Å². The van der Waals surface area contributed by atoms with E-state index in [0.717, 1.165) is 23.1 Å². The van der Waals surface area contributed by atoms with Crippen LogP contribution in [0.5, 0.6) is 0 Å². The van der Waals surface area contributed by atoms with Gasteiger partial charge in [-0.2, -0.15) is 5.10 Å². The maximum absolute atomic E-state index is 13.4. The molecule has 3 aromatic heterocycles. The number of hydrogen-bond acceptors (Lipinski definition) is 4. The Morgan fingerprint density at radius 3 is 2.78 bits per heavy atom. The molecule has 5 rings (SSSR count). The first-order chi connectivity index (χ1) is 15.6. The lowest BCUT2D eigenvalue weighted by atomic mass is 10.2. The molecule has 0 saturated carbocycles. The van der Waals surface area contributed by atoms with E-state index in [-0.39, 0.29) is 17.6 Å². The van der Waals surface area contributed by atoms with Gasteiger partial charge in [-0.05, 0) is 36.6 Å². The molecule has 0 N–H and O–H groups in total. The molecule has 1 aliphatic heterocycles. The van der Waals surface area contributed by atoms with Gasteiger partial charge in [-0.25, -0.2) is 9.78 Å². The number of aromatic nitrogens is 5. The molecule has 32 heavy (non-hydrogen) atoms. The number of carbonyl (C=O) groups is 1. The molecule has 1 aromatic carbocycles. The highest BCUT2D eigenvalue weighted by molar-refractivity contribution is 5.76. The molecule has 1 saturated heterocycles. The summed E-state index contributed by atoms with van der Waals surface area (Å²) in [5, 5.41) is 4.25. The topological polar surface area (TPSA) is 78.0 Å². The van der Waals surface area contributed by atoms with Crippen LogP contribution in [0.15, 0.2) is 65.8 Å². The third kappa shape index (κ3) is 3.84. The van der Waals surface area contributed by atoms with Gasteiger partial charge < -0.3 is 4.90 Å². The Hall–Kier alpha value is -3.68. The highest BCUT2D eigenvalue weighted by Crippen LogP contribution is 2.25. The van der Waals surface area contributed by atoms with Crippen molar-refractivity contribution in [1.82, 2.24) is 28.8 Å². The van der Waals surface area contributed by atoms with Gasteiger partial charge in [-0.3, -0.25) is 18.6 Å². The van der Waals surface area contributed by atoms with Crippen molar-refractivity contribution in [2.24, 2.45) is 0 Å². The van der Waals surface area contributed by atoms with Crippen LogP contribution in [0.25, 0.3) is 11.2 Å². The summed E-state index contributed by atoms with van der Waals surface area (Å²) in [4.78, 5) is 32.6. The van der Waals surface area contributed by atoms with Crippen molar-refractivity contribution in [3.63, 3.8) is 0 Å². The van der Waals surface area contributed by atoms with Crippen LogP contribution in [0, 0.1) is 6.92 Å². The van der Waals surface area contributed by atoms with Crippen molar-refractivity contribution in [3.05, 3.63) is 82.7 Å². The third-order valence-electron chi connectivity index (χ3n) is 6.10. The Bertz CT molecular complexity index is 1300. The van der Waals surface area contributed by atoms with Crippen LogP contribution >= 0.6 is 0 Å². The molecule has 0 spiro atoms. The van der Waals surface area contributed by atoms with Crippen molar-refractivity contribution < 1.29 is 4.79 Å². The predicted octanol–water partition coefficient (Wildman–Crippen LogP) is 2.61. The quantitative estimate of drug-likeness (QED) is 0.471. The molecule has 0 radical (unpaired) electrons. The Labute approximate surface area is 185 Å². The fourth-order valence-corrected chi connectivity index (χ4v) is 4.49. The van der Waals surface area contributed by atoms with Crippen LogP contribution in [0.1, 0.15) is 30.0 Å². The van der Waals surface area contributed by atoms with E-state index in [1.165, 1.54) is 0 Å². The zero-order valence-corrected chi connectivity index (χ0v) is 18.1. The minimum absolute atomic E-state index is 0.0751. The van der Waals surface area contributed by atoms with E-state index in [9.17, 15) is 9.59 Å². The third-order valence-corrected chi connectivity index (χ3v) is 6.10. The molecule has 1 amide bonds. The van der Waals surface area contributed by atoms with Gasteiger partial charge in [-0.15, -0.1) is 0 Å². The normalized spacial score (nSPS) is 16.2. The van der Waals surface area contributed by atoms with Crippen molar-refractivity contribution in [2.75, 3.05) is 13.1 Å². The predicted molar refractivity (Wildman–Crippen MR) is 121 cm³/mol. The zero-order valence-electron chi connectivity index (χ0n) is 18.1. The number of fused-ring (bicyclic) bond motifs is 1. The van der Waals surface area contributed by atoms with E-state index >= 15 is 0 Å². The number of carbonyl (C=O) groups excluding carboxylic acids is 1. The highest BCUT2D eigenvalue weighted by atomic mass is 16.2. The minimum Gasteiger partial charge on any atom is -0.340 e. The van der Waals surface area contributed by atoms with Gasteiger partial charge in [0.2, 0.25) is 5.91 Å². The number of rotatable bonds is 6. The van der Waals surface area contributed by atoms with Crippen LogP contribution in [0.3, 0.4) is 0 Å². The second kappa shape index (κ2) is 8.45. The average Bonchev–Trinajstić information content (AvgIpc) is 3.52. The highest BCUT2D eigenvalue weighted by Gasteiger charge is 2.30. The summed E-state index contributed by atoms with van der Waals surface area (Å²) in [5.74, 6) is 0.0923. The number of nitrogens with zero attached hydrogens (tertiary/aromatic N) is 6. The minimum atomic E-state index is -0.0761. The van der Waals surface area contributed by atoms with Crippen LogP contribution in [0.2, 0.25) is 0 Å². The van der Waals surface area contributed by atoms with Gasteiger partial charge in [0.25, 0.3) is 0 Å². The number of benzene rings is 1. The molecule has 8 nitrogen and oxygen atoms in total. The molecule has 1 atom stereocenters. The Morgan fingerprint density at radius 1 is 1.16 bits per heavy atom. The summed E-state index contributed by atoms with van der Waals surface area (Å²) in [6.07, 6.45) is 6.59. The fourth-order valence-electron chi connectivity index (χ4n) is 4.49. The number of pyridine rings is 1. The average molecular weight is 431 g/mol. The van der Waals surface area contributed by atoms with Crippen LogP contribution in [0.4, 0.5) is 0 Å². The molecule has 0 unspecified atom stereocenters. The van der Waals surface area contributed by atoms with E-state index < -0.39 is 0 Å². The smallest absolute Gasteiger partial charge is 0.330 e. The maximum atomic E-state index is 13.4. The molecular weight excluding hydrogens is 404 g/mol. The largest absolute Gasteiger partial charge is 0.340 e. The summed E-state index contributed by atoms with van der Waals surface area (Å²) in [7, 11) is 0. The Kier molecular flexibility index (Phi) is 5.34. The molecule has 1 aliphatic rings. The second-order valence-electron chi connectivity index (χ2n) is 8.38. The second-order valence-corrected chi connectivity index (χ2v) is 8.38. The molecular formula is C24H26N6O2. The molecule has 4 aromatic rings. The maximum Gasteiger partial charge on any atom is 0.330 e. The number of aryl methyl sites for hydroxylation is 2. The van der Waals surface area contributed by atoms with Crippen LogP contribution < -0.4 is 5.69 Å². The molecule has 0 aliphatic carbocycles. The van der Waals surface area contributed by atoms with Gasteiger partial charge in [0.05, 0.1) is 24.3 Å². The monoisotopic (exact) mass is 430 g/mol. The lowest BCUT2D eigenvalue weighted by molar-refractivity contribution is -0.130. The number of likely N-dealkylation sites (tertiary alicyclic amines) is 1. The molecule has 164 valence electrons. The van der Waals surface area contributed by atoms with Crippen LogP contribution in [-0.4, -0.2) is 47.8 Å². The van der Waals surface area contributed by atoms with Crippen LogP contribution in [-0.2, 0) is 17.9 Å². The first-order valence-electron chi connectivity index (χ1n) is 11.0. The summed E-state index contributed by atoms with van der Waals surface area (Å²) >= 11 is 0. The van der Waals surface area contributed by atoms with Crippen molar-refractivity contribution >= 4 is 17.1 Å². The number of imidazole rings is 1. The van der Waals surface area contributed by atoms with Gasteiger partial charge in [0, 0.05) is 38.4 Å². The van der Waals surface area contributed by atoms with Gasteiger partial charge in [0.1, 0.15) is 0 Å². The summed E-state index contributed by atoms with van der Waals surface area (Å²) in [6.45, 7) is 4.21. The summed E-state index contributed by atoms with van der Waals surface area (Å²) < 4.78 is 5.36. The summed E-state index contributed by atoms with van der Waals surface area (Å²) in [6, 6.07) is 13.7. The fraction of sp³-hybridized carbons (Fsp3) is 0.333. The SMILES string of the molecule is Cc1cnn(CCC(=O)N2CC[C@@H](n3c(=O)n(Cc4ccccc4)c4cccnc43)C2)c1. The van der Waals surface area contributed by atoms with Crippen molar-refractivity contribution in [1.29, 1.82) is 0 Å². The van der Waals surface area contributed by atoms with Crippen molar-refractivity contribution in [3.8, 4) is 0 Å². The summed E-state index contributed by atoms with van der Waals surface area (Å²) in [5.41, 5.74) is 3.57. The zero-order chi connectivity index (χ0) is 22.1. The number of amides is 1. The van der Waals surface area contributed by atoms with Crippen molar-refractivity contribution in [2.45, 2.75) is 38.9 Å².